The molecule has 0 saturated carbocycles. The Labute approximate surface area is 159 Å². The number of nitrogens with zero attached hydrogens (tertiary/aromatic N) is 3. The van der Waals surface area contributed by atoms with Gasteiger partial charge in [-0.05, 0) is 25.5 Å². The minimum Gasteiger partial charge on any atom is -0.361 e. The fourth-order valence-corrected chi connectivity index (χ4v) is 2.46. The Balaban J connectivity index is 0.00000264. The van der Waals surface area contributed by atoms with Crippen molar-refractivity contribution in [1.82, 2.24) is 15.4 Å². The molecule has 0 spiro atoms. The Morgan fingerprint density at radius 1 is 1.35 bits per heavy atom. The van der Waals surface area contributed by atoms with Gasteiger partial charge >= 0.3 is 0 Å². The van der Waals surface area contributed by atoms with Gasteiger partial charge < -0.3 is 14.7 Å². The predicted octanol–water partition coefficient (Wildman–Crippen LogP) is 3.77. The normalized spacial score (nSPS) is 11.1. The molecule has 0 atom stereocenters. The summed E-state index contributed by atoms with van der Waals surface area (Å²) in [6.07, 6.45) is 0. The van der Waals surface area contributed by atoms with E-state index in [0.717, 1.165) is 33.6 Å². The zero-order valence-corrected chi connectivity index (χ0v) is 16.8. The van der Waals surface area contributed by atoms with Gasteiger partial charge in [0.25, 0.3) is 0 Å². The third kappa shape index (κ3) is 5.10. The molecule has 0 fully saturated rings. The molecule has 0 saturated heterocycles. The topological polar surface area (TPSA) is 53.7 Å². The molecule has 1 heterocycles. The van der Waals surface area contributed by atoms with Crippen LogP contribution in [0, 0.1) is 13.8 Å². The minimum atomic E-state index is 0. The third-order valence-electron chi connectivity index (χ3n) is 3.54. The van der Waals surface area contributed by atoms with Crippen molar-refractivity contribution in [3.8, 4) is 0 Å². The maximum absolute atomic E-state index is 6.21. The van der Waals surface area contributed by atoms with Crippen LogP contribution in [0.1, 0.15) is 22.6 Å². The van der Waals surface area contributed by atoms with Gasteiger partial charge in [0.2, 0.25) is 0 Å². The van der Waals surface area contributed by atoms with Crippen LogP contribution in [0.3, 0.4) is 0 Å². The Bertz CT molecular complexity index is 652. The van der Waals surface area contributed by atoms with E-state index in [0.29, 0.717) is 13.1 Å². The Kier molecular flexibility index (Phi) is 7.84. The second-order valence-corrected chi connectivity index (χ2v) is 5.56. The first-order chi connectivity index (χ1) is 10.5. The quantitative estimate of drug-likeness (QED) is 0.439. The maximum Gasteiger partial charge on any atom is 0.193 e. The molecule has 0 bridgehead atoms. The molecule has 1 aromatic carbocycles. The van der Waals surface area contributed by atoms with Gasteiger partial charge in [-0.3, -0.25) is 4.99 Å². The number of aryl methyl sites for hydroxylation is 2. The monoisotopic (exact) mass is 448 g/mol. The van der Waals surface area contributed by atoms with Gasteiger partial charge in [-0.15, -0.1) is 24.0 Å². The molecule has 7 heteroatoms. The predicted molar refractivity (Wildman–Crippen MR) is 105 cm³/mol. The number of hydrogen-bond acceptors (Lipinski definition) is 3. The first kappa shape index (κ1) is 19.8. The fourth-order valence-electron chi connectivity index (χ4n) is 2.26. The number of nitrogens with one attached hydrogen (secondary N) is 1. The highest BCUT2D eigenvalue weighted by molar-refractivity contribution is 14.0. The third-order valence-corrected chi connectivity index (χ3v) is 3.91. The Morgan fingerprint density at radius 3 is 2.61 bits per heavy atom. The lowest BCUT2D eigenvalue weighted by Gasteiger charge is -2.22. The number of hydrogen-bond donors (Lipinski definition) is 1. The van der Waals surface area contributed by atoms with Crippen molar-refractivity contribution in [3.05, 3.63) is 51.9 Å². The van der Waals surface area contributed by atoms with Gasteiger partial charge in [-0.1, -0.05) is 35.0 Å². The van der Waals surface area contributed by atoms with Gasteiger partial charge in [0, 0.05) is 37.8 Å². The molecular weight excluding hydrogens is 427 g/mol. The van der Waals surface area contributed by atoms with Crippen LogP contribution in [-0.4, -0.2) is 30.1 Å². The largest absolute Gasteiger partial charge is 0.361 e. The summed E-state index contributed by atoms with van der Waals surface area (Å²) in [4.78, 5) is 6.34. The molecular formula is C16H22ClIN4O. The summed E-state index contributed by atoms with van der Waals surface area (Å²) >= 11 is 6.21. The van der Waals surface area contributed by atoms with Crippen LogP contribution in [0.25, 0.3) is 0 Å². The van der Waals surface area contributed by atoms with E-state index in [2.05, 4.69) is 15.5 Å². The average Bonchev–Trinajstić information content (AvgIpc) is 2.82. The lowest BCUT2D eigenvalue weighted by molar-refractivity contribution is 0.392. The van der Waals surface area contributed by atoms with Crippen LogP contribution in [0.2, 0.25) is 5.02 Å². The molecule has 0 aliphatic carbocycles. The lowest BCUT2D eigenvalue weighted by atomic mass is 10.2. The second-order valence-electron chi connectivity index (χ2n) is 5.15. The summed E-state index contributed by atoms with van der Waals surface area (Å²) in [6.45, 7) is 5.15. The molecule has 0 unspecified atom stereocenters. The summed E-state index contributed by atoms with van der Waals surface area (Å²) < 4.78 is 5.17. The number of halogens is 2. The van der Waals surface area contributed by atoms with Gasteiger partial charge in [0.1, 0.15) is 5.76 Å². The highest BCUT2D eigenvalue weighted by Crippen LogP contribution is 2.16. The first-order valence-electron chi connectivity index (χ1n) is 7.10. The Morgan fingerprint density at radius 2 is 2.04 bits per heavy atom. The van der Waals surface area contributed by atoms with Crippen LogP contribution in [0.5, 0.6) is 0 Å². The molecule has 0 radical (unpaired) electrons. The van der Waals surface area contributed by atoms with E-state index in [1.165, 1.54) is 0 Å². The highest BCUT2D eigenvalue weighted by Gasteiger charge is 2.12. The van der Waals surface area contributed by atoms with E-state index in [9.17, 15) is 0 Å². The lowest BCUT2D eigenvalue weighted by Crippen LogP contribution is -2.38. The molecule has 126 valence electrons. The summed E-state index contributed by atoms with van der Waals surface area (Å²) in [6, 6.07) is 7.82. The highest BCUT2D eigenvalue weighted by atomic mass is 127. The maximum atomic E-state index is 6.21. The van der Waals surface area contributed by atoms with E-state index >= 15 is 0 Å². The van der Waals surface area contributed by atoms with Crippen molar-refractivity contribution in [3.63, 3.8) is 0 Å². The molecule has 2 aromatic rings. The summed E-state index contributed by atoms with van der Waals surface area (Å²) in [5.41, 5.74) is 3.02. The van der Waals surface area contributed by atoms with Crippen molar-refractivity contribution in [2.75, 3.05) is 14.1 Å². The van der Waals surface area contributed by atoms with E-state index < -0.39 is 0 Å². The summed E-state index contributed by atoms with van der Waals surface area (Å²) in [5.74, 6) is 1.62. The van der Waals surface area contributed by atoms with Crippen LogP contribution in [0.15, 0.2) is 33.8 Å². The fraction of sp³-hybridized carbons (Fsp3) is 0.375. The second kappa shape index (κ2) is 9.12. The van der Waals surface area contributed by atoms with Crippen LogP contribution in [0.4, 0.5) is 0 Å². The van der Waals surface area contributed by atoms with Crippen molar-refractivity contribution < 1.29 is 4.52 Å². The standard InChI is InChI=1S/C16H21ClN4O.HI/c1-11-14(12(2)22-20-11)9-19-16(18-3)21(4)10-13-7-5-6-8-15(13)17;/h5-8H,9-10H2,1-4H3,(H,18,19);1H. The van der Waals surface area contributed by atoms with Gasteiger partial charge in [-0.2, -0.15) is 0 Å². The zero-order chi connectivity index (χ0) is 16.1. The van der Waals surface area contributed by atoms with Crippen LogP contribution in [-0.2, 0) is 13.1 Å². The molecule has 0 aliphatic rings. The SMILES string of the molecule is CN=C(NCc1c(C)noc1C)N(C)Cc1ccccc1Cl.I. The number of aromatic nitrogens is 1. The van der Waals surface area contributed by atoms with E-state index in [1.807, 2.05) is 50.1 Å². The van der Waals surface area contributed by atoms with Crippen molar-refractivity contribution in [1.29, 1.82) is 0 Å². The Hall–Kier alpha value is -1.28. The van der Waals surface area contributed by atoms with Crippen LogP contribution >= 0.6 is 35.6 Å². The molecule has 0 amide bonds. The van der Waals surface area contributed by atoms with E-state index in [4.69, 9.17) is 16.1 Å². The van der Waals surface area contributed by atoms with Crippen LogP contribution < -0.4 is 5.32 Å². The smallest absolute Gasteiger partial charge is 0.193 e. The molecule has 0 aliphatic heterocycles. The summed E-state index contributed by atoms with van der Waals surface area (Å²) in [7, 11) is 3.74. The number of rotatable bonds is 4. The molecule has 5 nitrogen and oxygen atoms in total. The first-order valence-corrected chi connectivity index (χ1v) is 7.47. The average molecular weight is 449 g/mol. The van der Waals surface area contributed by atoms with E-state index in [1.54, 1.807) is 7.05 Å². The zero-order valence-electron chi connectivity index (χ0n) is 13.8. The molecule has 1 aromatic heterocycles. The van der Waals surface area contributed by atoms with E-state index in [-0.39, 0.29) is 24.0 Å². The van der Waals surface area contributed by atoms with Gasteiger partial charge in [-0.25, -0.2) is 0 Å². The number of guanidine groups is 1. The minimum absolute atomic E-state index is 0. The van der Waals surface area contributed by atoms with Gasteiger partial charge in [0.15, 0.2) is 5.96 Å². The van der Waals surface area contributed by atoms with Crippen molar-refractivity contribution in [2.45, 2.75) is 26.9 Å². The number of aliphatic imine (C=N–C) groups is 1. The molecule has 23 heavy (non-hydrogen) atoms. The van der Waals surface area contributed by atoms with Crippen molar-refractivity contribution in [2.24, 2.45) is 4.99 Å². The summed E-state index contributed by atoms with van der Waals surface area (Å²) in [5, 5.41) is 8.04. The number of benzene rings is 1. The van der Waals surface area contributed by atoms with Crippen molar-refractivity contribution >= 4 is 41.5 Å². The molecule has 1 N–H and O–H groups in total. The van der Waals surface area contributed by atoms with Gasteiger partial charge in [0.05, 0.1) is 5.69 Å². The molecule has 2 rings (SSSR count).